The fourth-order valence-corrected chi connectivity index (χ4v) is 13.8. The molecule has 0 aromatic carbocycles. The quantitative estimate of drug-likeness (QED) is 0.0863. The van der Waals surface area contributed by atoms with E-state index in [0.717, 1.165) is 12.0 Å². The lowest BCUT2D eigenvalue weighted by atomic mass is 9.45. The van der Waals surface area contributed by atoms with Crippen LogP contribution >= 0.6 is 0 Å². The number of ether oxygens (including phenoxy) is 8. The zero-order valence-corrected chi connectivity index (χ0v) is 38.3. The van der Waals surface area contributed by atoms with Gasteiger partial charge < -0.3 is 99.2 Å². The topological polar surface area (TPSA) is 317 Å². The number of aliphatic hydroxyl groups is 12. The maximum absolute atomic E-state index is 12.3. The molecule has 4 aliphatic heterocycles. The zero-order valence-electron chi connectivity index (χ0n) is 38.3. The Kier molecular flexibility index (Phi) is 15.0. The molecule has 378 valence electrons. The molecule has 27 unspecified atom stereocenters. The van der Waals surface area contributed by atoms with Crippen LogP contribution in [0.3, 0.4) is 0 Å². The Morgan fingerprint density at radius 1 is 0.758 bits per heavy atom. The molecule has 12 N–H and O–H groups in total. The highest BCUT2D eigenvalue weighted by molar-refractivity contribution is 5.30. The van der Waals surface area contributed by atoms with Gasteiger partial charge >= 0.3 is 0 Å². The van der Waals surface area contributed by atoms with Gasteiger partial charge in [0, 0.05) is 31.3 Å². The van der Waals surface area contributed by atoms with E-state index < -0.39 is 135 Å². The summed E-state index contributed by atoms with van der Waals surface area (Å²) in [6, 6.07) is 0. The summed E-state index contributed by atoms with van der Waals surface area (Å²) in [6.45, 7) is 10.8. The monoisotopic (exact) mass is 946 g/mol. The molecule has 8 rings (SSSR count). The van der Waals surface area contributed by atoms with Gasteiger partial charge in [0.25, 0.3) is 0 Å². The molecule has 20 nitrogen and oxygen atoms in total. The minimum atomic E-state index is -1.72. The first-order valence-electron chi connectivity index (χ1n) is 23.7. The minimum Gasteiger partial charge on any atom is -0.394 e. The van der Waals surface area contributed by atoms with E-state index in [4.69, 9.17) is 37.9 Å². The molecule has 7 fully saturated rings. The van der Waals surface area contributed by atoms with Gasteiger partial charge in [-0.3, -0.25) is 0 Å². The number of hydrogen-bond acceptors (Lipinski definition) is 20. The largest absolute Gasteiger partial charge is 0.394 e. The van der Waals surface area contributed by atoms with E-state index in [1.54, 1.807) is 7.11 Å². The van der Waals surface area contributed by atoms with Gasteiger partial charge in [0.1, 0.15) is 67.1 Å². The van der Waals surface area contributed by atoms with Crippen molar-refractivity contribution in [2.24, 2.45) is 40.4 Å². The molecular formula is C46H74O20. The highest BCUT2D eigenvalue weighted by Gasteiger charge is 2.70. The summed E-state index contributed by atoms with van der Waals surface area (Å²) in [6.07, 6.45) is -18.9. The summed E-state index contributed by atoms with van der Waals surface area (Å²) in [4.78, 5) is 0. The van der Waals surface area contributed by atoms with E-state index in [-0.39, 0.29) is 54.1 Å². The van der Waals surface area contributed by atoms with Gasteiger partial charge in [-0.15, -0.1) is 0 Å². The third-order valence-corrected chi connectivity index (χ3v) is 17.5. The average Bonchev–Trinajstić information content (AvgIpc) is 3.74. The van der Waals surface area contributed by atoms with E-state index in [0.29, 0.717) is 37.7 Å². The van der Waals surface area contributed by atoms with Crippen LogP contribution in [-0.4, -0.2) is 211 Å². The van der Waals surface area contributed by atoms with Gasteiger partial charge in [-0.05, 0) is 68.1 Å². The summed E-state index contributed by atoms with van der Waals surface area (Å²) in [5, 5.41) is 128. The highest BCUT2D eigenvalue weighted by Crippen LogP contribution is 2.70. The Bertz CT molecular complexity index is 1740. The number of aliphatic hydroxyl groups excluding tert-OH is 12. The summed E-state index contributed by atoms with van der Waals surface area (Å²) in [7, 11) is 1.63. The Morgan fingerprint density at radius 2 is 1.39 bits per heavy atom. The molecule has 4 aliphatic carbocycles. The predicted octanol–water partition coefficient (Wildman–Crippen LogP) is -2.32. The number of rotatable bonds is 13. The Morgan fingerprint density at radius 3 is 2.06 bits per heavy atom. The van der Waals surface area contributed by atoms with Gasteiger partial charge in [-0.25, -0.2) is 0 Å². The normalized spacial score (nSPS) is 54.8. The Hall–Kier alpha value is -1.32. The first kappa shape index (κ1) is 51.0. The van der Waals surface area contributed by atoms with Crippen LogP contribution in [-0.2, 0) is 37.9 Å². The third kappa shape index (κ3) is 8.48. The molecule has 3 saturated carbocycles. The highest BCUT2D eigenvalue weighted by atomic mass is 16.8. The van der Waals surface area contributed by atoms with E-state index in [2.05, 4.69) is 26.5 Å². The number of methoxy groups -OCH3 is 1. The fourth-order valence-electron chi connectivity index (χ4n) is 13.8. The molecule has 0 bridgehead atoms. The van der Waals surface area contributed by atoms with Gasteiger partial charge in [0.05, 0.1) is 50.3 Å². The van der Waals surface area contributed by atoms with Crippen LogP contribution in [0.15, 0.2) is 23.8 Å². The van der Waals surface area contributed by atoms with Crippen molar-refractivity contribution in [1.29, 1.82) is 0 Å². The Labute approximate surface area is 384 Å². The van der Waals surface area contributed by atoms with Crippen molar-refractivity contribution < 1.29 is 99.2 Å². The third-order valence-electron chi connectivity index (χ3n) is 17.5. The molecule has 0 spiro atoms. The number of allylic oxidation sites excluding steroid dienone is 1. The van der Waals surface area contributed by atoms with Crippen LogP contribution in [0.5, 0.6) is 0 Å². The van der Waals surface area contributed by atoms with Crippen molar-refractivity contribution in [1.82, 2.24) is 0 Å². The van der Waals surface area contributed by atoms with Gasteiger partial charge in [0.2, 0.25) is 0 Å². The molecule has 4 heterocycles. The molecule has 8 aliphatic rings. The average molecular weight is 947 g/mol. The molecule has 0 radical (unpaired) electrons. The molecule has 27 atom stereocenters. The zero-order chi connectivity index (χ0) is 47.9. The van der Waals surface area contributed by atoms with Crippen molar-refractivity contribution in [3.05, 3.63) is 23.8 Å². The molecule has 0 amide bonds. The van der Waals surface area contributed by atoms with Gasteiger partial charge in [0.15, 0.2) is 24.7 Å². The SMILES string of the molecule is C=C(CCC1(OC)OC2CC3C4CC=C5CC(OC6OC(CO)C(O)C(O)C6OC6OC(C)C(O)C(O)C6O)CC(O)C5(C)C4C(O)CC3(C)C2C1C)COC1OC(CO)C(O)C(O)C1O. The van der Waals surface area contributed by atoms with Crippen molar-refractivity contribution in [2.45, 2.75) is 195 Å². The van der Waals surface area contributed by atoms with Crippen LogP contribution in [0.25, 0.3) is 0 Å². The smallest absolute Gasteiger partial charge is 0.187 e. The lowest BCUT2D eigenvalue weighted by Gasteiger charge is -2.61. The van der Waals surface area contributed by atoms with Crippen molar-refractivity contribution in [3.63, 3.8) is 0 Å². The maximum Gasteiger partial charge on any atom is 0.187 e. The van der Waals surface area contributed by atoms with E-state index >= 15 is 0 Å². The van der Waals surface area contributed by atoms with Crippen molar-refractivity contribution in [2.75, 3.05) is 26.9 Å². The number of fused-ring (bicyclic) bond motifs is 7. The second-order valence-electron chi connectivity index (χ2n) is 21.0. The molecular weight excluding hydrogens is 872 g/mol. The summed E-state index contributed by atoms with van der Waals surface area (Å²) >= 11 is 0. The minimum absolute atomic E-state index is 0.0228. The molecule has 66 heavy (non-hydrogen) atoms. The molecule has 4 saturated heterocycles. The lowest BCUT2D eigenvalue weighted by Crippen LogP contribution is -2.65. The molecule has 20 heteroatoms. The second kappa shape index (κ2) is 19.4. The van der Waals surface area contributed by atoms with E-state index in [1.807, 2.05) is 6.92 Å². The van der Waals surface area contributed by atoms with E-state index in [1.165, 1.54) is 6.92 Å². The second-order valence-corrected chi connectivity index (χ2v) is 21.0. The van der Waals surface area contributed by atoms with Crippen LogP contribution < -0.4 is 0 Å². The standard InChI is InChI=1S/C46H74O20/c1-18(17-60-41-38(57)36(55)33(52)27(15-47)63-41)9-10-46(59-6)19(2)30-26(66-46)13-24-23-8-7-21-11-22(12-29(50)45(21,5)31(23)25(49)14-44(24,30)4)62-43-40(37(56)34(53)28(16-48)64-43)65-42-39(58)35(54)32(51)20(3)61-42/h7,19-20,22-43,47-58H,1,8-17H2,2-6H3. The fraction of sp³-hybridized carbons (Fsp3) is 0.913. The predicted molar refractivity (Wildman–Crippen MR) is 225 cm³/mol. The first-order valence-corrected chi connectivity index (χ1v) is 23.7. The van der Waals surface area contributed by atoms with Gasteiger partial charge in [-0.2, -0.15) is 0 Å². The van der Waals surface area contributed by atoms with Crippen LogP contribution in [0.2, 0.25) is 0 Å². The van der Waals surface area contributed by atoms with Crippen LogP contribution in [0.4, 0.5) is 0 Å². The summed E-state index contributed by atoms with van der Waals surface area (Å²) < 4.78 is 48.2. The molecule has 0 aromatic heterocycles. The first-order chi connectivity index (χ1) is 31.1. The van der Waals surface area contributed by atoms with Crippen molar-refractivity contribution in [3.8, 4) is 0 Å². The maximum atomic E-state index is 12.3. The molecule has 0 aromatic rings. The van der Waals surface area contributed by atoms with E-state index in [9.17, 15) is 61.3 Å². The van der Waals surface area contributed by atoms with Crippen molar-refractivity contribution >= 4 is 0 Å². The summed E-state index contributed by atoms with van der Waals surface area (Å²) in [5.41, 5.74) is 0.424. The Balaban J connectivity index is 0.930. The lowest BCUT2D eigenvalue weighted by molar-refractivity contribution is -0.370. The van der Waals surface area contributed by atoms with Crippen LogP contribution in [0.1, 0.15) is 72.6 Å². The summed E-state index contributed by atoms with van der Waals surface area (Å²) in [5.74, 6) is -1.10. The van der Waals surface area contributed by atoms with Crippen LogP contribution in [0, 0.1) is 40.4 Å². The number of hydrogen-bond donors (Lipinski definition) is 12. The van der Waals surface area contributed by atoms with Gasteiger partial charge in [-0.1, -0.05) is 44.6 Å².